The zero-order valence-electron chi connectivity index (χ0n) is 13.2. The molecule has 1 aliphatic rings. The van der Waals surface area contributed by atoms with Gasteiger partial charge in [-0.25, -0.2) is 0 Å². The van der Waals surface area contributed by atoms with E-state index >= 15 is 0 Å². The van der Waals surface area contributed by atoms with Crippen molar-refractivity contribution in [3.63, 3.8) is 0 Å². The van der Waals surface area contributed by atoms with Gasteiger partial charge in [-0.1, -0.05) is 0 Å². The molecule has 1 amide bonds. The lowest BCUT2D eigenvalue weighted by atomic mass is 9.97. The van der Waals surface area contributed by atoms with Gasteiger partial charge in [0.2, 0.25) is 5.89 Å². The molecule has 7 nitrogen and oxygen atoms in total. The van der Waals surface area contributed by atoms with Gasteiger partial charge in [-0.3, -0.25) is 4.79 Å². The van der Waals surface area contributed by atoms with Crippen LogP contribution in [0.5, 0.6) is 0 Å². The number of aromatic nitrogens is 4. The van der Waals surface area contributed by atoms with Crippen LogP contribution in [0.25, 0.3) is 11.0 Å². The predicted octanol–water partition coefficient (Wildman–Crippen LogP) is 3.11. The fraction of sp³-hybridized carbons (Fsp3) is 0.400. The second-order valence-corrected chi connectivity index (χ2v) is 6.53. The van der Waals surface area contributed by atoms with Crippen molar-refractivity contribution >= 4 is 28.7 Å². The van der Waals surface area contributed by atoms with Crippen LogP contribution in [0.3, 0.4) is 0 Å². The highest BCUT2D eigenvalue weighted by atomic mass is 32.1. The Morgan fingerprint density at radius 1 is 1.23 bits per heavy atom. The molecule has 11 heteroatoms. The first-order chi connectivity index (χ1) is 12.4. The highest BCUT2D eigenvalue weighted by Crippen LogP contribution is 2.32. The van der Waals surface area contributed by atoms with Gasteiger partial charge in [0.05, 0.1) is 17.6 Å². The maximum Gasteiger partial charge on any atom is 0.470 e. The third-order valence-electron chi connectivity index (χ3n) is 4.24. The highest BCUT2D eigenvalue weighted by Gasteiger charge is 2.39. The van der Waals surface area contributed by atoms with Crippen molar-refractivity contribution in [3.05, 3.63) is 35.5 Å². The van der Waals surface area contributed by atoms with Crippen molar-refractivity contribution < 1.29 is 22.4 Å². The lowest BCUT2D eigenvalue weighted by molar-refractivity contribution is -0.157. The highest BCUT2D eigenvalue weighted by molar-refractivity contribution is 7.00. The molecule has 1 aliphatic heterocycles. The Labute approximate surface area is 149 Å². The smallest absolute Gasteiger partial charge is 0.417 e. The van der Waals surface area contributed by atoms with E-state index in [4.69, 9.17) is 4.42 Å². The zero-order chi connectivity index (χ0) is 18.3. The van der Waals surface area contributed by atoms with Crippen LogP contribution < -0.4 is 0 Å². The van der Waals surface area contributed by atoms with Crippen LogP contribution in [0.4, 0.5) is 13.2 Å². The van der Waals surface area contributed by atoms with E-state index < -0.39 is 18.0 Å². The number of amides is 1. The third kappa shape index (κ3) is 3.14. The van der Waals surface area contributed by atoms with Gasteiger partial charge >= 0.3 is 12.1 Å². The number of benzene rings is 1. The molecule has 0 saturated carbocycles. The number of hydrogen-bond donors (Lipinski definition) is 0. The molecule has 0 aliphatic carbocycles. The summed E-state index contributed by atoms with van der Waals surface area (Å²) >= 11 is 1.07. The van der Waals surface area contributed by atoms with E-state index in [1.54, 1.807) is 23.1 Å². The summed E-state index contributed by atoms with van der Waals surface area (Å²) in [5, 5.41) is 6.58. The maximum absolute atomic E-state index is 12.7. The minimum absolute atomic E-state index is 0.0889. The molecular formula is C15H12F3N5O2S. The van der Waals surface area contributed by atoms with Crippen LogP contribution in [-0.4, -0.2) is 42.8 Å². The van der Waals surface area contributed by atoms with Gasteiger partial charge in [-0.2, -0.15) is 21.9 Å². The number of halogens is 3. The Morgan fingerprint density at radius 2 is 2.04 bits per heavy atom. The van der Waals surface area contributed by atoms with Crippen molar-refractivity contribution in [3.8, 4) is 0 Å². The van der Waals surface area contributed by atoms with E-state index in [0.717, 1.165) is 11.7 Å². The SMILES string of the molecule is O=C(c1ccc2nsnc2c1)N1CCCC(c2nnc(C(F)(F)F)o2)C1. The average Bonchev–Trinajstić information content (AvgIpc) is 3.29. The number of piperidine rings is 1. The summed E-state index contributed by atoms with van der Waals surface area (Å²) in [4.78, 5) is 14.3. The summed E-state index contributed by atoms with van der Waals surface area (Å²) in [6.45, 7) is 0.745. The van der Waals surface area contributed by atoms with E-state index in [2.05, 4.69) is 18.9 Å². The number of fused-ring (bicyclic) bond motifs is 1. The van der Waals surface area contributed by atoms with Gasteiger partial charge in [0.15, 0.2) is 0 Å². The molecule has 0 spiro atoms. The van der Waals surface area contributed by atoms with Gasteiger partial charge in [-0.15, -0.1) is 10.2 Å². The fourth-order valence-electron chi connectivity index (χ4n) is 2.98. The average molecular weight is 383 g/mol. The summed E-state index contributed by atoms with van der Waals surface area (Å²) in [5.74, 6) is -2.08. The molecule has 1 unspecified atom stereocenters. The van der Waals surface area contributed by atoms with Crippen molar-refractivity contribution in [1.29, 1.82) is 0 Å². The van der Waals surface area contributed by atoms with Crippen molar-refractivity contribution in [2.75, 3.05) is 13.1 Å². The zero-order valence-corrected chi connectivity index (χ0v) is 14.0. The lowest BCUT2D eigenvalue weighted by Crippen LogP contribution is -2.39. The molecule has 1 aromatic carbocycles. The first-order valence-corrected chi connectivity index (χ1v) is 8.57. The largest absolute Gasteiger partial charge is 0.470 e. The number of alkyl halides is 3. The summed E-state index contributed by atoms with van der Waals surface area (Å²) in [5.41, 5.74) is 1.82. The molecule has 0 radical (unpaired) electrons. The molecule has 0 bridgehead atoms. The minimum Gasteiger partial charge on any atom is -0.417 e. The molecule has 1 saturated heterocycles. The van der Waals surface area contributed by atoms with Gasteiger partial charge in [0, 0.05) is 18.7 Å². The second kappa shape index (κ2) is 6.31. The lowest BCUT2D eigenvalue weighted by Gasteiger charge is -2.31. The molecule has 3 heterocycles. The Morgan fingerprint density at radius 3 is 2.81 bits per heavy atom. The number of carbonyl (C=O) groups is 1. The number of carbonyl (C=O) groups excluding carboxylic acids is 1. The Balaban J connectivity index is 1.52. The minimum atomic E-state index is -4.67. The molecule has 1 fully saturated rings. The normalized spacial score (nSPS) is 18.4. The van der Waals surface area contributed by atoms with Crippen LogP contribution in [0.1, 0.15) is 40.9 Å². The van der Waals surface area contributed by atoms with Crippen molar-refractivity contribution in [2.24, 2.45) is 0 Å². The first-order valence-electron chi connectivity index (χ1n) is 7.84. The van der Waals surface area contributed by atoms with Crippen molar-refractivity contribution in [2.45, 2.75) is 24.9 Å². The number of likely N-dealkylation sites (tertiary alicyclic amines) is 1. The molecule has 136 valence electrons. The van der Waals surface area contributed by atoms with E-state index in [0.29, 0.717) is 36.0 Å². The van der Waals surface area contributed by atoms with Crippen LogP contribution in [0.2, 0.25) is 0 Å². The molecule has 1 atom stereocenters. The summed E-state index contributed by atoms with van der Waals surface area (Å²) < 4.78 is 50.8. The monoisotopic (exact) mass is 383 g/mol. The van der Waals surface area contributed by atoms with Crippen molar-refractivity contribution in [1.82, 2.24) is 23.8 Å². The van der Waals surface area contributed by atoms with Crippen LogP contribution in [0.15, 0.2) is 22.6 Å². The van der Waals surface area contributed by atoms with Gasteiger partial charge in [0.25, 0.3) is 5.91 Å². The summed E-state index contributed by atoms with van der Waals surface area (Å²) in [6, 6.07) is 5.06. The quantitative estimate of drug-likeness (QED) is 0.676. The fourth-order valence-corrected chi connectivity index (χ4v) is 3.49. The number of rotatable bonds is 2. The molecule has 2 aromatic heterocycles. The predicted molar refractivity (Wildman–Crippen MR) is 84.6 cm³/mol. The number of hydrogen-bond acceptors (Lipinski definition) is 7. The van der Waals surface area contributed by atoms with Crippen LogP contribution in [0, 0.1) is 0 Å². The van der Waals surface area contributed by atoms with E-state index in [1.165, 1.54) is 0 Å². The molecule has 0 N–H and O–H groups in total. The van der Waals surface area contributed by atoms with Crippen LogP contribution >= 0.6 is 11.7 Å². The van der Waals surface area contributed by atoms with Gasteiger partial charge in [0.1, 0.15) is 11.0 Å². The summed E-state index contributed by atoms with van der Waals surface area (Å²) in [7, 11) is 0. The topological polar surface area (TPSA) is 85.0 Å². The third-order valence-corrected chi connectivity index (χ3v) is 4.80. The number of nitrogens with zero attached hydrogens (tertiary/aromatic N) is 5. The summed E-state index contributed by atoms with van der Waals surface area (Å²) in [6.07, 6.45) is -3.45. The maximum atomic E-state index is 12.7. The Kier molecular flexibility index (Phi) is 4.10. The molecular weight excluding hydrogens is 371 g/mol. The molecule has 4 rings (SSSR count). The first kappa shape index (κ1) is 16.9. The van der Waals surface area contributed by atoms with E-state index in [1.807, 2.05) is 0 Å². The van der Waals surface area contributed by atoms with Gasteiger partial charge < -0.3 is 9.32 Å². The Hall–Kier alpha value is -2.56. The standard InChI is InChI=1S/C15H12F3N5O2S/c16-15(17,18)14-20-19-12(25-14)9-2-1-5-23(7-9)13(24)8-3-4-10-11(6-8)22-26-21-10/h3-4,6,9H,1-2,5,7H2. The van der Waals surface area contributed by atoms with Crippen LogP contribution in [-0.2, 0) is 6.18 Å². The second-order valence-electron chi connectivity index (χ2n) is 6.00. The van der Waals surface area contributed by atoms with Gasteiger partial charge in [-0.05, 0) is 31.0 Å². The molecule has 3 aromatic rings. The van der Waals surface area contributed by atoms with E-state index in [-0.39, 0.29) is 18.3 Å². The van der Waals surface area contributed by atoms with E-state index in [9.17, 15) is 18.0 Å². The Bertz CT molecular complexity index is 954. The molecule has 26 heavy (non-hydrogen) atoms.